The molecule has 2 fully saturated rings. The molecule has 3 rings (SSSR count). The summed E-state index contributed by atoms with van der Waals surface area (Å²) in [5.74, 6) is -0.320. The van der Waals surface area contributed by atoms with Gasteiger partial charge in [-0.25, -0.2) is 4.79 Å². The number of hydrogen-bond acceptors (Lipinski definition) is 3. The van der Waals surface area contributed by atoms with E-state index in [1.54, 1.807) is 12.1 Å². The maximum atomic E-state index is 11.0. The first-order valence-electron chi connectivity index (χ1n) is 9.71. The number of carboxylic acid groups (broad SMARTS) is 1. The topological polar surface area (TPSA) is 43.8 Å². The lowest BCUT2D eigenvalue weighted by Gasteiger charge is -2.39. The molecule has 0 unspecified atom stereocenters. The Kier molecular flexibility index (Phi) is 5.80. The molecule has 0 bridgehead atoms. The molecule has 4 nitrogen and oxygen atoms in total. The molecule has 0 saturated carbocycles. The minimum absolute atomic E-state index is 0.319. The number of hydrogen-bond donors (Lipinski definition) is 1. The molecule has 2 aliphatic heterocycles. The van der Waals surface area contributed by atoms with E-state index in [1.165, 1.54) is 57.4 Å². The smallest absolute Gasteiger partial charge is 0.335 e. The number of carboxylic acids is 1. The van der Waals surface area contributed by atoms with Crippen molar-refractivity contribution in [1.82, 2.24) is 9.80 Å². The molecule has 0 aliphatic carbocycles. The fourth-order valence-electron chi connectivity index (χ4n) is 4.57. The fraction of sp³-hybridized carbons (Fsp3) is 0.667. The molecule has 2 saturated heterocycles. The lowest BCUT2D eigenvalue weighted by Crippen LogP contribution is -2.44. The van der Waals surface area contributed by atoms with E-state index in [0.717, 1.165) is 13.1 Å². The van der Waals surface area contributed by atoms with Crippen molar-refractivity contribution in [1.29, 1.82) is 0 Å². The van der Waals surface area contributed by atoms with Crippen molar-refractivity contribution in [2.24, 2.45) is 5.41 Å². The highest BCUT2D eigenvalue weighted by Crippen LogP contribution is 2.30. The minimum Gasteiger partial charge on any atom is -0.478 e. The van der Waals surface area contributed by atoms with Gasteiger partial charge in [-0.1, -0.05) is 26.0 Å². The SMILES string of the molecule is CC(C)(CN1CCCC1)CN1CCC[C@H](c2ccc(C(=O)O)cc2)C1. The summed E-state index contributed by atoms with van der Waals surface area (Å²) in [5.41, 5.74) is 1.98. The first kappa shape index (κ1) is 18.4. The van der Waals surface area contributed by atoms with Crippen molar-refractivity contribution in [3.63, 3.8) is 0 Å². The molecular weight excluding hydrogens is 312 g/mol. The van der Waals surface area contributed by atoms with Crippen molar-refractivity contribution >= 4 is 5.97 Å². The summed E-state index contributed by atoms with van der Waals surface area (Å²) in [7, 11) is 0. The van der Waals surface area contributed by atoms with E-state index in [0.29, 0.717) is 16.9 Å². The van der Waals surface area contributed by atoms with Crippen LogP contribution in [0, 0.1) is 5.41 Å². The van der Waals surface area contributed by atoms with Crippen LogP contribution < -0.4 is 0 Å². The van der Waals surface area contributed by atoms with E-state index in [9.17, 15) is 4.79 Å². The predicted molar refractivity (Wildman–Crippen MR) is 101 cm³/mol. The molecule has 1 N–H and O–H groups in total. The van der Waals surface area contributed by atoms with Gasteiger partial charge in [-0.3, -0.25) is 0 Å². The van der Waals surface area contributed by atoms with E-state index in [2.05, 4.69) is 23.6 Å². The molecule has 0 aromatic heterocycles. The third-order valence-electron chi connectivity index (χ3n) is 5.64. The Labute approximate surface area is 151 Å². The average Bonchev–Trinajstić information content (AvgIpc) is 3.07. The second kappa shape index (κ2) is 7.88. The third kappa shape index (κ3) is 5.05. The van der Waals surface area contributed by atoms with Gasteiger partial charge in [0, 0.05) is 19.6 Å². The van der Waals surface area contributed by atoms with Crippen molar-refractivity contribution in [2.75, 3.05) is 39.3 Å². The Morgan fingerprint density at radius 3 is 2.28 bits per heavy atom. The molecule has 25 heavy (non-hydrogen) atoms. The van der Waals surface area contributed by atoms with Crippen LogP contribution in [0.25, 0.3) is 0 Å². The second-order valence-corrected chi connectivity index (χ2v) is 8.65. The van der Waals surface area contributed by atoms with Gasteiger partial charge in [0.2, 0.25) is 0 Å². The Hall–Kier alpha value is -1.39. The summed E-state index contributed by atoms with van der Waals surface area (Å²) in [6.45, 7) is 12.0. The van der Waals surface area contributed by atoms with Gasteiger partial charge in [0.25, 0.3) is 0 Å². The summed E-state index contributed by atoms with van der Waals surface area (Å²) in [6.07, 6.45) is 5.14. The Balaban J connectivity index is 1.57. The highest BCUT2D eigenvalue weighted by molar-refractivity contribution is 5.87. The maximum absolute atomic E-state index is 11.0. The van der Waals surface area contributed by atoms with Crippen molar-refractivity contribution in [3.8, 4) is 0 Å². The van der Waals surface area contributed by atoms with Gasteiger partial charge in [-0.2, -0.15) is 0 Å². The third-order valence-corrected chi connectivity index (χ3v) is 5.64. The van der Waals surface area contributed by atoms with E-state index in [-0.39, 0.29) is 0 Å². The van der Waals surface area contributed by atoms with Gasteiger partial charge in [-0.15, -0.1) is 0 Å². The number of benzene rings is 1. The predicted octanol–water partition coefficient (Wildman–Crippen LogP) is 3.69. The van der Waals surface area contributed by atoms with Crippen LogP contribution in [0.1, 0.15) is 61.4 Å². The molecule has 1 aromatic rings. The first-order valence-corrected chi connectivity index (χ1v) is 9.71. The Morgan fingerprint density at radius 1 is 1.04 bits per heavy atom. The molecule has 4 heteroatoms. The molecule has 138 valence electrons. The number of nitrogens with zero attached hydrogens (tertiary/aromatic N) is 2. The van der Waals surface area contributed by atoms with E-state index in [4.69, 9.17) is 5.11 Å². The highest BCUT2D eigenvalue weighted by Gasteiger charge is 2.29. The molecule has 2 heterocycles. The van der Waals surface area contributed by atoms with E-state index < -0.39 is 5.97 Å². The number of rotatable bonds is 6. The van der Waals surface area contributed by atoms with Gasteiger partial charge >= 0.3 is 5.97 Å². The van der Waals surface area contributed by atoms with Gasteiger partial charge in [0.05, 0.1) is 5.56 Å². The number of likely N-dealkylation sites (tertiary alicyclic amines) is 2. The maximum Gasteiger partial charge on any atom is 0.335 e. The Morgan fingerprint density at radius 2 is 1.64 bits per heavy atom. The van der Waals surface area contributed by atoms with Crippen molar-refractivity contribution in [2.45, 2.75) is 45.4 Å². The van der Waals surface area contributed by atoms with Crippen LogP contribution in [0.5, 0.6) is 0 Å². The van der Waals surface area contributed by atoms with Gasteiger partial charge in [0.15, 0.2) is 0 Å². The van der Waals surface area contributed by atoms with Crippen molar-refractivity contribution < 1.29 is 9.90 Å². The minimum atomic E-state index is -0.847. The molecule has 1 atom stereocenters. The van der Waals surface area contributed by atoms with Crippen LogP contribution in [-0.2, 0) is 0 Å². The van der Waals surface area contributed by atoms with Gasteiger partial charge in [-0.05, 0) is 74.3 Å². The largest absolute Gasteiger partial charge is 0.478 e. The number of piperidine rings is 1. The Bertz CT molecular complexity index is 576. The summed E-state index contributed by atoms with van der Waals surface area (Å²) in [6, 6.07) is 7.50. The molecule has 2 aliphatic rings. The molecule has 1 aromatic carbocycles. The van der Waals surface area contributed by atoms with Crippen LogP contribution in [-0.4, -0.2) is 60.1 Å². The summed E-state index contributed by atoms with van der Waals surface area (Å²) in [5, 5.41) is 9.06. The summed E-state index contributed by atoms with van der Waals surface area (Å²) >= 11 is 0. The molecule has 0 radical (unpaired) electrons. The second-order valence-electron chi connectivity index (χ2n) is 8.65. The molecular formula is C21H32N2O2. The first-order chi connectivity index (χ1) is 11.9. The quantitative estimate of drug-likeness (QED) is 0.855. The van der Waals surface area contributed by atoms with Crippen LogP contribution in [0.3, 0.4) is 0 Å². The van der Waals surface area contributed by atoms with E-state index in [1.807, 2.05) is 12.1 Å². The summed E-state index contributed by atoms with van der Waals surface area (Å²) in [4.78, 5) is 16.3. The van der Waals surface area contributed by atoms with Crippen LogP contribution in [0.2, 0.25) is 0 Å². The zero-order valence-corrected chi connectivity index (χ0v) is 15.7. The van der Waals surface area contributed by atoms with Crippen LogP contribution in [0.4, 0.5) is 0 Å². The van der Waals surface area contributed by atoms with Crippen LogP contribution in [0.15, 0.2) is 24.3 Å². The standard InChI is InChI=1S/C21H32N2O2/c1-21(2,15-22-11-3-4-12-22)16-23-13-5-6-19(14-23)17-7-9-18(10-8-17)20(24)25/h7-10,19H,3-6,11-16H2,1-2H3,(H,24,25)/t19-/m0/s1. The van der Waals surface area contributed by atoms with Crippen LogP contribution >= 0.6 is 0 Å². The summed E-state index contributed by atoms with van der Waals surface area (Å²) < 4.78 is 0. The number of aromatic carboxylic acids is 1. The molecule has 0 spiro atoms. The highest BCUT2D eigenvalue weighted by atomic mass is 16.4. The zero-order valence-electron chi connectivity index (χ0n) is 15.7. The van der Waals surface area contributed by atoms with Gasteiger partial charge < -0.3 is 14.9 Å². The molecule has 0 amide bonds. The van der Waals surface area contributed by atoms with Gasteiger partial charge in [0.1, 0.15) is 0 Å². The normalized spacial score (nSPS) is 23.0. The lowest BCUT2D eigenvalue weighted by molar-refractivity contribution is 0.0696. The average molecular weight is 344 g/mol. The zero-order chi connectivity index (χ0) is 17.9. The number of carbonyl (C=O) groups is 1. The lowest BCUT2D eigenvalue weighted by atomic mass is 9.87. The monoisotopic (exact) mass is 344 g/mol. The fourth-order valence-corrected chi connectivity index (χ4v) is 4.57. The van der Waals surface area contributed by atoms with Crippen molar-refractivity contribution in [3.05, 3.63) is 35.4 Å². The van der Waals surface area contributed by atoms with E-state index >= 15 is 0 Å².